The van der Waals surface area contributed by atoms with E-state index in [1.165, 1.54) is 4.90 Å². The van der Waals surface area contributed by atoms with Gasteiger partial charge in [0.15, 0.2) is 0 Å². The summed E-state index contributed by atoms with van der Waals surface area (Å²) in [7, 11) is 0. The van der Waals surface area contributed by atoms with E-state index in [1.807, 2.05) is 6.07 Å². The van der Waals surface area contributed by atoms with E-state index in [9.17, 15) is 19.5 Å². The maximum absolute atomic E-state index is 12.6. The second-order valence-electron chi connectivity index (χ2n) is 7.97. The molecule has 7 nitrogen and oxygen atoms in total. The number of fused-ring (bicyclic) bond motifs is 1. The summed E-state index contributed by atoms with van der Waals surface area (Å²) in [5.41, 5.74) is 1.99. The predicted molar refractivity (Wildman–Crippen MR) is 108 cm³/mol. The molecule has 0 spiro atoms. The van der Waals surface area contributed by atoms with Crippen LogP contribution in [0.25, 0.3) is 0 Å². The van der Waals surface area contributed by atoms with Crippen LogP contribution in [-0.2, 0) is 43.6 Å². The van der Waals surface area contributed by atoms with Crippen LogP contribution in [0.4, 0.5) is 10.5 Å². The van der Waals surface area contributed by atoms with Crippen LogP contribution in [0.15, 0.2) is 48.5 Å². The Balaban J connectivity index is 0.00000320. The van der Waals surface area contributed by atoms with Crippen LogP contribution in [0.2, 0.25) is 0 Å². The Labute approximate surface area is 189 Å². The van der Waals surface area contributed by atoms with Crippen molar-refractivity contribution in [1.82, 2.24) is 4.90 Å². The van der Waals surface area contributed by atoms with Crippen molar-refractivity contribution in [2.75, 3.05) is 5.32 Å². The van der Waals surface area contributed by atoms with Crippen molar-refractivity contribution < 1.29 is 45.3 Å². The minimum absolute atomic E-state index is 0. The first-order valence-electron chi connectivity index (χ1n) is 9.35. The average Bonchev–Trinajstić information content (AvgIpc) is 2.66. The molecule has 2 amide bonds. The summed E-state index contributed by atoms with van der Waals surface area (Å²) >= 11 is 0. The first-order valence-corrected chi connectivity index (χ1v) is 9.35. The van der Waals surface area contributed by atoms with E-state index in [2.05, 4.69) is 5.32 Å². The van der Waals surface area contributed by atoms with Gasteiger partial charge in [-0.2, -0.15) is 0 Å². The van der Waals surface area contributed by atoms with Gasteiger partial charge in [-0.25, -0.2) is 9.59 Å². The number of ether oxygens (including phenoxy) is 1. The third-order valence-electron chi connectivity index (χ3n) is 4.54. The Bertz CT molecular complexity index is 940. The van der Waals surface area contributed by atoms with E-state index >= 15 is 0 Å². The van der Waals surface area contributed by atoms with Gasteiger partial charge in [0.05, 0.1) is 6.54 Å². The SMILES string of the molecule is CC(C)(C)OC(=O)N1Cc2cc(NC(=O)c3ccccc3)ccc2CC1C(=O)O.[W]. The fourth-order valence-corrected chi connectivity index (χ4v) is 3.19. The molecule has 0 aliphatic carbocycles. The zero-order valence-corrected chi connectivity index (χ0v) is 20.0. The summed E-state index contributed by atoms with van der Waals surface area (Å²) < 4.78 is 5.38. The first-order chi connectivity index (χ1) is 13.6. The molecule has 1 unspecified atom stereocenters. The normalized spacial score (nSPS) is 15.4. The van der Waals surface area contributed by atoms with Gasteiger partial charge in [0.25, 0.3) is 5.91 Å². The summed E-state index contributed by atoms with van der Waals surface area (Å²) in [6.45, 7) is 5.29. The monoisotopic (exact) mass is 580 g/mol. The van der Waals surface area contributed by atoms with Crippen LogP contribution in [-0.4, -0.2) is 39.6 Å². The Kier molecular flexibility index (Phi) is 7.43. The number of hydrogen-bond donors (Lipinski definition) is 2. The van der Waals surface area contributed by atoms with E-state index in [4.69, 9.17) is 4.74 Å². The molecule has 8 heteroatoms. The van der Waals surface area contributed by atoms with E-state index in [0.717, 1.165) is 11.1 Å². The second-order valence-corrected chi connectivity index (χ2v) is 7.97. The molecule has 0 aromatic heterocycles. The maximum Gasteiger partial charge on any atom is 0.411 e. The number of anilines is 1. The zero-order chi connectivity index (χ0) is 21.2. The molecular formula is C22H24N2O5W. The van der Waals surface area contributed by atoms with Crippen LogP contribution in [0, 0.1) is 0 Å². The Morgan fingerprint density at radius 3 is 2.33 bits per heavy atom. The molecule has 158 valence electrons. The summed E-state index contributed by atoms with van der Waals surface area (Å²) in [5, 5.41) is 12.4. The van der Waals surface area contributed by atoms with Gasteiger partial charge in [0.2, 0.25) is 0 Å². The van der Waals surface area contributed by atoms with Crippen LogP contribution in [0.1, 0.15) is 42.3 Å². The molecule has 0 fully saturated rings. The van der Waals surface area contributed by atoms with Crippen molar-refractivity contribution in [1.29, 1.82) is 0 Å². The number of amides is 2. The summed E-state index contributed by atoms with van der Waals surface area (Å²) in [6, 6.07) is 13.1. The van der Waals surface area contributed by atoms with Crippen molar-refractivity contribution in [2.24, 2.45) is 0 Å². The number of hydrogen-bond acceptors (Lipinski definition) is 4. The number of carbonyl (C=O) groups is 3. The van der Waals surface area contributed by atoms with Crippen LogP contribution >= 0.6 is 0 Å². The molecule has 0 bridgehead atoms. The minimum atomic E-state index is -1.08. The molecule has 2 aromatic carbocycles. The molecule has 3 rings (SSSR count). The summed E-state index contributed by atoms with van der Waals surface area (Å²) in [4.78, 5) is 37.9. The smallest absolute Gasteiger partial charge is 0.411 e. The van der Waals surface area contributed by atoms with E-state index in [0.29, 0.717) is 11.3 Å². The molecule has 0 radical (unpaired) electrons. The molecular weight excluding hydrogens is 556 g/mol. The van der Waals surface area contributed by atoms with Gasteiger partial charge in [0, 0.05) is 38.7 Å². The van der Waals surface area contributed by atoms with Crippen molar-refractivity contribution >= 4 is 23.7 Å². The third kappa shape index (κ3) is 5.69. The minimum Gasteiger partial charge on any atom is -0.480 e. The van der Waals surface area contributed by atoms with E-state index in [-0.39, 0.29) is 39.9 Å². The van der Waals surface area contributed by atoms with Gasteiger partial charge in [-0.05, 0) is 56.2 Å². The van der Waals surface area contributed by atoms with E-state index < -0.39 is 23.7 Å². The van der Waals surface area contributed by atoms with Gasteiger partial charge >= 0.3 is 12.1 Å². The number of nitrogens with one attached hydrogen (secondary N) is 1. The quantitative estimate of drug-likeness (QED) is 0.578. The largest absolute Gasteiger partial charge is 0.480 e. The zero-order valence-electron chi connectivity index (χ0n) is 17.0. The van der Waals surface area contributed by atoms with Crippen molar-refractivity contribution in [3.05, 3.63) is 65.2 Å². The number of carboxylic acid groups (broad SMARTS) is 1. The Hall–Kier alpha value is -2.66. The summed E-state index contributed by atoms with van der Waals surface area (Å²) in [5.74, 6) is -1.32. The topological polar surface area (TPSA) is 95.9 Å². The predicted octanol–water partition coefficient (Wildman–Crippen LogP) is 3.68. The van der Waals surface area contributed by atoms with Gasteiger partial charge in [0.1, 0.15) is 11.6 Å². The number of benzene rings is 2. The van der Waals surface area contributed by atoms with Gasteiger partial charge in [-0.15, -0.1) is 0 Å². The van der Waals surface area contributed by atoms with Crippen LogP contribution in [0.5, 0.6) is 0 Å². The molecule has 1 aliphatic heterocycles. The third-order valence-corrected chi connectivity index (χ3v) is 4.54. The molecule has 0 saturated carbocycles. The number of rotatable bonds is 3. The Morgan fingerprint density at radius 2 is 1.73 bits per heavy atom. The fraction of sp³-hybridized carbons (Fsp3) is 0.318. The molecule has 1 aliphatic rings. The van der Waals surface area contributed by atoms with E-state index in [1.54, 1.807) is 63.2 Å². The summed E-state index contributed by atoms with van der Waals surface area (Å²) in [6.07, 6.45) is -0.495. The first kappa shape index (κ1) is 23.6. The molecule has 1 heterocycles. The fourth-order valence-electron chi connectivity index (χ4n) is 3.19. The van der Waals surface area contributed by atoms with Gasteiger partial charge in [-0.3, -0.25) is 9.69 Å². The van der Waals surface area contributed by atoms with Gasteiger partial charge in [-0.1, -0.05) is 24.3 Å². The second kappa shape index (κ2) is 9.43. The number of carbonyl (C=O) groups excluding carboxylic acids is 2. The van der Waals surface area contributed by atoms with Crippen LogP contribution < -0.4 is 5.32 Å². The maximum atomic E-state index is 12.6. The average molecular weight is 580 g/mol. The standard InChI is InChI=1S/C22H24N2O5.W/c1-22(2,3)29-21(28)24-13-16-11-17(10-9-15(16)12-18(24)20(26)27)23-19(25)14-7-5-4-6-8-14;/h4-11,18H,12-13H2,1-3H3,(H,23,25)(H,26,27);. The number of nitrogens with zero attached hydrogens (tertiary/aromatic N) is 1. The molecule has 2 aromatic rings. The molecule has 1 atom stereocenters. The van der Waals surface area contributed by atoms with Gasteiger partial charge < -0.3 is 15.2 Å². The number of carboxylic acids is 1. The molecule has 0 saturated heterocycles. The van der Waals surface area contributed by atoms with Crippen molar-refractivity contribution in [3.63, 3.8) is 0 Å². The molecule has 2 N–H and O–H groups in total. The Morgan fingerprint density at radius 1 is 1.07 bits per heavy atom. The molecule has 30 heavy (non-hydrogen) atoms. The number of aliphatic carboxylic acids is 1. The van der Waals surface area contributed by atoms with Crippen LogP contribution in [0.3, 0.4) is 0 Å². The van der Waals surface area contributed by atoms with Crippen molar-refractivity contribution in [2.45, 2.75) is 45.4 Å². The van der Waals surface area contributed by atoms with Crippen molar-refractivity contribution in [3.8, 4) is 0 Å².